The molecule has 0 saturated carbocycles. The van der Waals surface area contributed by atoms with Gasteiger partial charge in [-0.15, -0.1) is 0 Å². The molecule has 0 spiro atoms. The molecule has 6 heteroatoms. The van der Waals surface area contributed by atoms with Gasteiger partial charge in [-0.1, -0.05) is 20.3 Å². The van der Waals surface area contributed by atoms with Gasteiger partial charge in [0.2, 0.25) is 5.13 Å². The Kier molecular flexibility index (Phi) is 4.36. The summed E-state index contributed by atoms with van der Waals surface area (Å²) in [5.41, 5.74) is 1.04. The number of hydrogen-bond acceptors (Lipinski definition) is 5. The van der Waals surface area contributed by atoms with Crippen molar-refractivity contribution in [2.75, 3.05) is 0 Å². The van der Waals surface area contributed by atoms with Gasteiger partial charge in [0, 0.05) is 5.71 Å². The first-order valence-electron chi connectivity index (χ1n) is 4.84. The van der Waals surface area contributed by atoms with Gasteiger partial charge in [0.05, 0.1) is 4.92 Å². The lowest BCUT2D eigenvalue weighted by Crippen LogP contribution is -1.93. The van der Waals surface area contributed by atoms with Crippen LogP contribution >= 0.6 is 11.3 Å². The first-order chi connectivity index (χ1) is 7.17. The summed E-state index contributed by atoms with van der Waals surface area (Å²) in [5, 5.41) is 10.9. The Balaban J connectivity index is 2.82. The lowest BCUT2D eigenvalue weighted by Gasteiger charge is -1.97. The topological polar surface area (TPSA) is 68.4 Å². The highest BCUT2D eigenvalue weighted by atomic mass is 32.1. The van der Waals surface area contributed by atoms with Crippen molar-refractivity contribution in [1.82, 2.24) is 4.98 Å². The Morgan fingerprint density at radius 1 is 1.67 bits per heavy atom. The number of nitro groups is 1. The van der Waals surface area contributed by atoms with Crippen LogP contribution in [-0.4, -0.2) is 15.6 Å². The third-order valence-corrected chi connectivity index (χ3v) is 2.70. The van der Waals surface area contributed by atoms with Gasteiger partial charge in [0.15, 0.2) is 0 Å². The molecule has 0 N–H and O–H groups in total. The van der Waals surface area contributed by atoms with Gasteiger partial charge in [-0.05, 0) is 24.2 Å². The molecule has 0 radical (unpaired) electrons. The molecule has 82 valence electrons. The fraction of sp³-hybridized carbons (Fsp3) is 0.556. The molecule has 0 atom stereocenters. The summed E-state index contributed by atoms with van der Waals surface area (Å²) in [5.74, 6) is 0. The number of aliphatic imine (C=N–C) groups is 1. The van der Waals surface area contributed by atoms with Crippen molar-refractivity contribution in [2.24, 2.45) is 4.99 Å². The predicted octanol–water partition coefficient (Wildman–Crippen LogP) is 3.33. The second-order valence-electron chi connectivity index (χ2n) is 3.02. The van der Waals surface area contributed by atoms with Gasteiger partial charge in [-0.2, -0.15) is 0 Å². The molecule has 0 aliphatic carbocycles. The van der Waals surface area contributed by atoms with Crippen LogP contribution in [0.25, 0.3) is 0 Å². The van der Waals surface area contributed by atoms with E-state index in [2.05, 4.69) is 16.9 Å². The second kappa shape index (κ2) is 5.55. The zero-order valence-corrected chi connectivity index (χ0v) is 9.58. The molecule has 1 aromatic rings. The lowest BCUT2D eigenvalue weighted by molar-refractivity contribution is -0.380. The van der Waals surface area contributed by atoms with Crippen LogP contribution in [0.5, 0.6) is 0 Å². The van der Waals surface area contributed by atoms with Crippen LogP contribution in [0, 0.1) is 10.1 Å². The Morgan fingerprint density at radius 3 is 2.87 bits per heavy atom. The van der Waals surface area contributed by atoms with Crippen molar-refractivity contribution in [2.45, 2.75) is 33.1 Å². The van der Waals surface area contributed by atoms with Gasteiger partial charge in [-0.3, -0.25) is 10.1 Å². The monoisotopic (exact) mass is 227 g/mol. The maximum absolute atomic E-state index is 10.4. The first-order valence-corrected chi connectivity index (χ1v) is 5.65. The molecule has 1 heterocycles. The van der Waals surface area contributed by atoms with E-state index in [0.29, 0.717) is 5.13 Å². The van der Waals surface area contributed by atoms with Crippen molar-refractivity contribution in [1.29, 1.82) is 0 Å². The standard InChI is InChI=1S/C9H13N3O2S/c1-3-5-7(4-2)11-9-10-6-8(15-9)12(13)14/h6H,3-5H2,1-2H3. The minimum Gasteiger partial charge on any atom is -0.257 e. The largest absolute Gasteiger partial charge is 0.345 e. The van der Waals surface area contributed by atoms with Gasteiger partial charge in [0.25, 0.3) is 0 Å². The summed E-state index contributed by atoms with van der Waals surface area (Å²) in [6.07, 6.45) is 4.06. The fourth-order valence-electron chi connectivity index (χ4n) is 1.13. The molecule has 0 unspecified atom stereocenters. The van der Waals surface area contributed by atoms with E-state index < -0.39 is 4.92 Å². The van der Waals surface area contributed by atoms with E-state index in [1.165, 1.54) is 6.20 Å². The fourth-order valence-corrected chi connectivity index (χ4v) is 1.78. The molecule has 15 heavy (non-hydrogen) atoms. The van der Waals surface area contributed by atoms with Crippen LogP contribution in [0.1, 0.15) is 33.1 Å². The number of nitrogens with zero attached hydrogens (tertiary/aromatic N) is 3. The summed E-state index contributed by atoms with van der Waals surface area (Å²) in [4.78, 5) is 18.2. The number of aromatic nitrogens is 1. The van der Waals surface area contributed by atoms with E-state index >= 15 is 0 Å². The van der Waals surface area contributed by atoms with E-state index in [9.17, 15) is 10.1 Å². The van der Waals surface area contributed by atoms with Crippen LogP contribution in [0.2, 0.25) is 0 Å². The van der Waals surface area contributed by atoms with Gasteiger partial charge in [0.1, 0.15) is 6.20 Å². The maximum atomic E-state index is 10.4. The third-order valence-electron chi connectivity index (χ3n) is 1.86. The molecular weight excluding hydrogens is 214 g/mol. The Bertz CT molecular complexity index is 373. The van der Waals surface area contributed by atoms with Crippen molar-refractivity contribution in [3.05, 3.63) is 16.3 Å². The lowest BCUT2D eigenvalue weighted by atomic mass is 10.2. The van der Waals surface area contributed by atoms with Crippen molar-refractivity contribution in [3.63, 3.8) is 0 Å². The zero-order valence-electron chi connectivity index (χ0n) is 8.77. The van der Waals surface area contributed by atoms with E-state index in [-0.39, 0.29) is 5.00 Å². The minimum absolute atomic E-state index is 0.0423. The molecule has 0 aliphatic rings. The summed E-state index contributed by atoms with van der Waals surface area (Å²) >= 11 is 1.01. The molecule has 5 nitrogen and oxygen atoms in total. The van der Waals surface area contributed by atoms with E-state index in [1.54, 1.807) is 0 Å². The highest BCUT2D eigenvalue weighted by molar-refractivity contribution is 7.18. The van der Waals surface area contributed by atoms with E-state index in [0.717, 1.165) is 36.3 Å². The van der Waals surface area contributed by atoms with Crippen LogP contribution in [0.15, 0.2) is 11.2 Å². The summed E-state index contributed by atoms with van der Waals surface area (Å²) in [7, 11) is 0. The average molecular weight is 227 g/mol. The number of hydrogen-bond donors (Lipinski definition) is 0. The highest BCUT2D eigenvalue weighted by Crippen LogP contribution is 2.27. The Morgan fingerprint density at radius 2 is 2.40 bits per heavy atom. The second-order valence-corrected chi connectivity index (χ2v) is 4.01. The molecule has 1 aromatic heterocycles. The van der Waals surface area contributed by atoms with Crippen molar-refractivity contribution < 1.29 is 4.92 Å². The van der Waals surface area contributed by atoms with Crippen molar-refractivity contribution >= 4 is 27.2 Å². The smallest absolute Gasteiger partial charge is 0.257 e. The molecule has 0 amide bonds. The predicted molar refractivity (Wildman–Crippen MR) is 61.1 cm³/mol. The van der Waals surface area contributed by atoms with E-state index in [4.69, 9.17) is 0 Å². The average Bonchev–Trinajstić information content (AvgIpc) is 2.65. The molecule has 0 aromatic carbocycles. The molecule has 0 bridgehead atoms. The minimum atomic E-state index is -0.442. The van der Waals surface area contributed by atoms with Crippen LogP contribution in [0.4, 0.5) is 10.1 Å². The highest BCUT2D eigenvalue weighted by Gasteiger charge is 2.10. The van der Waals surface area contributed by atoms with E-state index in [1.807, 2.05) is 6.92 Å². The van der Waals surface area contributed by atoms with Gasteiger partial charge < -0.3 is 0 Å². The molecule has 0 aliphatic heterocycles. The zero-order chi connectivity index (χ0) is 11.3. The van der Waals surface area contributed by atoms with Gasteiger partial charge in [-0.25, -0.2) is 9.98 Å². The number of rotatable bonds is 5. The van der Waals surface area contributed by atoms with Crippen molar-refractivity contribution in [3.8, 4) is 0 Å². The van der Waals surface area contributed by atoms with Crippen LogP contribution < -0.4 is 0 Å². The summed E-state index contributed by atoms with van der Waals surface area (Å²) < 4.78 is 0. The first kappa shape index (κ1) is 11.8. The summed E-state index contributed by atoms with van der Waals surface area (Å²) in [6, 6.07) is 0. The Hall–Kier alpha value is -1.30. The molecule has 0 fully saturated rings. The Labute approximate surface area is 92.0 Å². The SMILES string of the molecule is CCCC(CC)=Nc1ncc([N+](=O)[O-])s1. The summed E-state index contributed by atoms with van der Waals surface area (Å²) in [6.45, 7) is 4.10. The van der Waals surface area contributed by atoms with Crippen LogP contribution in [0.3, 0.4) is 0 Å². The quantitative estimate of drug-likeness (QED) is 0.440. The maximum Gasteiger partial charge on any atom is 0.345 e. The molecule has 1 rings (SSSR count). The molecular formula is C9H13N3O2S. The molecule has 0 saturated heterocycles. The normalized spacial score (nSPS) is 11.7. The van der Waals surface area contributed by atoms with Gasteiger partial charge >= 0.3 is 5.00 Å². The van der Waals surface area contributed by atoms with Crippen LogP contribution in [-0.2, 0) is 0 Å². The number of thiazole rings is 1. The third kappa shape index (κ3) is 3.39.